The Balaban J connectivity index is 1.85. The molecule has 2 aromatic carbocycles. The van der Waals surface area contributed by atoms with Gasteiger partial charge in [0.1, 0.15) is 6.10 Å². The molecule has 24 heavy (non-hydrogen) atoms. The lowest BCUT2D eigenvalue weighted by Gasteiger charge is -2.13. The van der Waals surface area contributed by atoms with Gasteiger partial charge < -0.3 is 18.9 Å². The van der Waals surface area contributed by atoms with Gasteiger partial charge in [0, 0.05) is 10.6 Å². The predicted molar refractivity (Wildman–Crippen MR) is 89.5 cm³/mol. The summed E-state index contributed by atoms with van der Waals surface area (Å²) in [7, 11) is 4.63. The molecule has 0 aromatic heterocycles. The summed E-state index contributed by atoms with van der Waals surface area (Å²) in [5.41, 5.74) is 1.33. The molecule has 0 spiro atoms. The van der Waals surface area contributed by atoms with E-state index >= 15 is 0 Å². The molecule has 1 aliphatic rings. The van der Waals surface area contributed by atoms with Crippen LogP contribution >= 0.6 is 11.6 Å². The summed E-state index contributed by atoms with van der Waals surface area (Å²) in [6, 6.07) is 10.4. The van der Waals surface area contributed by atoms with Gasteiger partial charge in [-0.1, -0.05) is 23.7 Å². The van der Waals surface area contributed by atoms with Crippen molar-refractivity contribution in [3.8, 4) is 17.2 Å². The second-order valence-electron chi connectivity index (χ2n) is 5.31. The summed E-state index contributed by atoms with van der Waals surface area (Å²) in [6.07, 6.45) is -0.878. The van der Waals surface area contributed by atoms with Crippen molar-refractivity contribution in [2.75, 3.05) is 21.3 Å². The van der Waals surface area contributed by atoms with Gasteiger partial charge >= 0.3 is 0 Å². The van der Waals surface area contributed by atoms with E-state index < -0.39 is 6.10 Å². The van der Waals surface area contributed by atoms with Gasteiger partial charge in [-0.25, -0.2) is 0 Å². The van der Waals surface area contributed by atoms with Crippen LogP contribution in [0.25, 0.3) is 0 Å². The first-order chi connectivity index (χ1) is 11.6. The zero-order valence-corrected chi connectivity index (χ0v) is 14.3. The van der Waals surface area contributed by atoms with Crippen molar-refractivity contribution in [1.82, 2.24) is 0 Å². The molecule has 0 saturated carbocycles. The smallest absolute Gasteiger partial charge is 0.203 e. The third-order valence-corrected chi connectivity index (χ3v) is 4.11. The van der Waals surface area contributed by atoms with Crippen LogP contribution in [0.3, 0.4) is 0 Å². The minimum Gasteiger partial charge on any atom is -0.493 e. The molecule has 1 aliphatic heterocycles. The minimum absolute atomic E-state index is 0.101. The molecule has 2 aromatic rings. The lowest BCUT2D eigenvalue weighted by atomic mass is 10.0. The van der Waals surface area contributed by atoms with Crippen LogP contribution in [0.15, 0.2) is 36.4 Å². The summed E-state index contributed by atoms with van der Waals surface area (Å²) in [5, 5.41) is 0.519. The highest BCUT2D eigenvalue weighted by molar-refractivity contribution is 6.31. The first kappa shape index (κ1) is 16.6. The molecule has 2 atom stereocenters. The summed E-state index contributed by atoms with van der Waals surface area (Å²) in [5.74, 6) is 1.45. The number of rotatable bonds is 6. The molecule has 1 fully saturated rings. The topological polar surface area (TPSA) is 57.3 Å². The lowest BCUT2D eigenvalue weighted by Crippen LogP contribution is -2.08. The average molecular weight is 349 g/mol. The second-order valence-corrected chi connectivity index (χ2v) is 5.75. The molecule has 5 nitrogen and oxygen atoms in total. The Morgan fingerprint density at radius 2 is 1.71 bits per heavy atom. The monoisotopic (exact) mass is 348 g/mol. The summed E-state index contributed by atoms with van der Waals surface area (Å²) < 4.78 is 21.5. The molecular formula is C18H17ClO5. The van der Waals surface area contributed by atoms with Gasteiger partial charge in [0.25, 0.3) is 0 Å². The molecule has 126 valence electrons. The van der Waals surface area contributed by atoms with Gasteiger partial charge in [-0.15, -0.1) is 0 Å². The molecule has 0 N–H and O–H groups in total. The quantitative estimate of drug-likeness (QED) is 0.588. The van der Waals surface area contributed by atoms with E-state index in [9.17, 15) is 4.79 Å². The van der Waals surface area contributed by atoms with Crippen LogP contribution in [0.2, 0.25) is 5.02 Å². The van der Waals surface area contributed by atoms with Crippen LogP contribution in [0.5, 0.6) is 17.2 Å². The third kappa shape index (κ3) is 3.05. The fourth-order valence-corrected chi connectivity index (χ4v) is 2.83. The Labute approximate surface area is 145 Å². The number of hydrogen-bond donors (Lipinski definition) is 0. The second kappa shape index (κ2) is 6.71. The molecule has 0 bridgehead atoms. The SMILES string of the molecule is COc1cc(C2OC2C(=O)c2cccc(Cl)c2)cc(OC)c1OC. The van der Waals surface area contributed by atoms with Crippen LogP contribution in [0.1, 0.15) is 22.0 Å². The molecule has 6 heteroatoms. The molecule has 2 unspecified atom stereocenters. The number of carbonyl (C=O) groups is 1. The van der Waals surface area contributed by atoms with Crippen molar-refractivity contribution >= 4 is 17.4 Å². The van der Waals surface area contributed by atoms with Gasteiger partial charge in [-0.3, -0.25) is 4.79 Å². The number of benzene rings is 2. The van der Waals surface area contributed by atoms with E-state index in [0.29, 0.717) is 27.8 Å². The van der Waals surface area contributed by atoms with E-state index in [1.807, 2.05) is 0 Å². The number of ketones is 1. The van der Waals surface area contributed by atoms with Gasteiger partial charge in [-0.2, -0.15) is 0 Å². The van der Waals surface area contributed by atoms with E-state index in [1.54, 1.807) is 57.7 Å². The normalized spacial score (nSPS) is 18.8. The number of halogens is 1. The fraction of sp³-hybridized carbons (Fsp3) is 0.278. The highest BCUT2D eigenvalue weighted by Crippen LogP contribution is 2.47. The molecule has 0 aliphatic carbocycles. The van der Waals surface area contributed by atoms with E-state index in [1.165, 1.54) is 0 Å². The van der Waals surface area contributed by atoms with Crippen molar-refractivity contribution in [3.05, 3.63) is 52.5 Å². The molecule has 0 amide bonds. The van der Waals surface area contributed by atoms with Crippen LogP contribution in [0, 0.1) is 0 Å². The van der Waals surface area contributed by atoms with E-state index in [-0.39, 0.29) is 11.9 Å². The van der Waals surface area contributed by atoms with Crippen LogP contribution < -0.4 is 14.2 Å². The number of carbonyl (C=O) groups excluding carboxylic acids is 1. The number of methoxy groups -OCH3 is 3. The van der Waals surface area contributed by atoms with Crippen molar-refractivity contribution in [2.45, 2.75) is 12.2 Å². The number of Topliss-reactive ketones (excluding diaryl/α,β-unsaturated/α-hetero) is 1. The van der Waals surface area contributed by atoms with Crippen molar-refractivity contribution in [2.24, 2.45) is 0 Å². The maximum Gasteiger partial charge on any atom is 0.203 e. The van der Waals surface area contributed by atoms with Crippen LogP contribution in [-0.4, -0.2) is 33.2 Å². The van der Waals surface area contributed by atoms with E-state index in [0.717, 1.165) is 5.56 Å². The molecule has 1 heterocycles. The number of epoxide rings is 1. The maximum absolute atomic E-state index is 12.5. The van der Waals surface area contributed by atoms with Gasteiger partial charge in [0.2, 0.25) is 5.75 Å². The molecule has 1 saturated heterocycles. The Bertz CT molecular complexity index is 749. The Morgan fingerprint density at radius 3 is 2.25 bits per heavy atom. The Morgan fingerprint density at radius 1 is 1.04 bits per heavy atom. The van der Waals surface area contributed by atoms with Crippen molar-refractivity contribution < 1.29 is 23.7 Å². The third-order valence-electron chi connectivity index (χ3n) is 3.87. The number of ether oxygens (including phenoxy) is 4. The maximum atomic E-state index is 12.5. The standard InChI is InChI=1S/C18H17ClO5/c1-21-13-8-11(9-14(22-2)17(13)23-3)16-18(24-16)15(20)10-5-4-6-12(19)7-10/h4-9,16,18H,1-3H3. The summed E-state index contributed by atoms with van der Waals surface area (Å²) in [4.78, 5) is 12.5. The van der Waals surface area contributed by atoms with Crippen molar-refractivity contribution in [1.29, 1.82) is 0 Å². The highest BCUT2D eigenvalue weighted by Gasteiger charge is 2.46. The van der Waals surface area contributed by atoms with E-state index in [4.69, 9.17) is 30.5 Å². The molecular weight excluding hydrogens is 332 g/mol. The Hall–Kier alpha value is -2.24. The summed E-state index contributed by atoms with van der Waals surface area (Å²) >= 11 is 5.94. The fourth-order valence-electron chi connectivity index (χ4n) is 2.64. The molecule has 0 radical (unpaired) electrons. The zero-order valence-electron chi connectivity index (χ0n) is 13.5. The van der Waals surface area contributed by atoms with Gasteiger partial charge in [-0.05, 0) is 29.8 Å². The van der Waals surface area contributed by atoms with Crippen LogP contribution in [-0.2, 0) is 4.74 Å². The largest absolute Gasteiger partial charge is 0.493 e. The highest BCUT2D eigenvalue weighted by atomic mass is 35.5. The lowest BCUT2D eigenvalue weighted by molar-refractivity contribution is 0.0953. The number of hydrogen-bond acceptors (Lipinski definition) is 5. The first-order valence-corrected chi connectivity index (χ1v) is 7.72. The predicted octanol–water partition coefficient (Wildman–Crippen LogP) is 3.69. The van der Waals surface area contributed by atoms with Crippen LogP contribution in [0.4, 0.5) is 0 Å². The van der Waals surface area contributed by atoms with E-state index in [2.05, 4.69) is 0 Å². The zero-order chi connectivity index (χ0) is 17.3. The Kier molecular flexibility index (Phi) is 4.64. The van der Waals surface area contributed by atoms with Gasteiger partial charge in [0.15, 0.2) is 23.4 Å². The molecule has 3 rings (SSSR count). The summed E-state index contributed by atoms with van der Waals surface area (Å²) in [6.45, 7) is 0. The minimum atomic E-state index is -0.536. The average Bonchev–Trinajstić information content (AvgIpc) is 3.40. The van der Waals surface area contributed by atoms with Crippen molar-refractivity contribution in [3.63, 3.8) is 0 Å². The first-order valence-electron chi connectivity index (χ1n) is 7.34. The van der Waals surface area contributed by atoms with Gasteiger partial charge in [0.05, 0.1) is 21.3 Å².